The summed E-state index contributed by atoms with van der Waals surface area (Å²) in [6.07, 6.45) is 1.66. The van der Waals surface area contributed by atoms with Crippen LogP contribution in [0.2, 0.25) is 0 Å². The second kappa shape index (κ2) is 10.3. The van der Waals surface area contributed by atoms with E-state index in [-0.39, 0.29) is 42.0 Å². The molecule has 148 valence electrons. The summed E-state index contributed by atoms with van der Waals surface area (Å²) in [5.74, 6) is 0.00425. The number of benzene rings is 1. The number of piperidine rings is 1. The minimum atomic E-state index is -0.377. The average Bonchev–Trinajstić information content (AvgIpc) is 2.63. The maximum atomic E-state index is 13.1. The molecular formula is C18H28Cl2FN3O2. The molecule has 26 heavy (non-hydrogen) atoms. The third-order valence-electron chi connectivity index (χ3n) is 5.19. The Morgan fingerprint density at radius 1 is 1.12 bits per heavy atom. The molecule has 2 aliphatic heterocycles. The summed E-state index contributed by atoms with van der Waals surface area (Å²) in [5.41, 5.74) is 0.634. The van der Waals surface area contributed by atoms with Crippen molar-refractivity contribution >= 4 is 36.4 Å². The van der Waals surface area contributed by atoms with Gasteiger partial charge in [0.2, 0.25) is 5.91 Å². The molecule has 0 saturated carbocycles. The molecule has 2 heterocycles. The van der Waals surface area contributed by atoms with Crippen LogP contribution in [0.15, 0.2) is 24.3 Å². The molecule has 0 atom stereocenters. The van der Waals surface area contributed by atoms with Crippen LogP contribution >= 0.6 is 24.8 Å². The summed E-state index contributed by atoms with van der Waals surface area (Å²) in [6, 6.07) is 6.56. The van der Waals surface area contributed by atoms with Gasteiger partial charge in [0.05, 0.1) is 12.0 Å². The molecule has 1 amide bonds. The van der Waals surface area contributed by atoms with Crippen LogP contribution in [0.3, 0.4) is 0 Å². The van der Waals surface area contributed by atoms with Crippen LogP contribution in [0.4, 0.5) is 10.1 Å². The van der Waals surface area contributed by atoms with Gasteiger partial charge in [0.15, 0.2) is 0 Å². The Bertz CT molecular complexity index is 555. The molecule has 0 aromatic heterocycles. The van der Waals surface area contributed by atoms with Crippen molar-refractivity contribution in [3.8, 4) is 0 Å². The monoisotopic (exact) mass is 407 g/mol. The maximum Gasteiger partial charge on any atom is 0.231 e. The molecule has 0 unspecified atom stereocenters. The first-order chi connectivity index (χ1) is 11.6. The molecule has 8 heteroatoms. The van der Waals surface area contributed by atoms with Crippen LogP contribution in [0.25, 0.3) is 0 Å². The number of hydrogen-bond donors (Lipinski definition) is 1. The smallest absolute Gasteiger partial charge is 0.231 e. The molecule has 3 rings (SSSR count). The summed E-state index contributed by atoms with van der Waals surface area (Å²) in [5, 5.41) is 3.32. The van der Waals surface area contributed by atoms with E-state index in [4.69, 9.17) is 4.74 Å². The molecule has 0 aliphatic carbocycles. The first-order valence-corrected chi connectivity index (χ1v) is 8.64. The Morgan fingerprint density at radius 3 is 2.23 bits per heavy atom. The number of carbonyl (C=O) groups is 1. The van der Waals surface area contributed by atoms with Gasteiger partial charge in [0, 0.05) is 39.0 Å². The Balaban J connectivity index is 0.00000169. The van der Waals surface area contributed by atoms with Gasteiger partial charge in [-0.1, -0.05) is 0 Å². The van der Waals surface area contributed by atoms with Crippen molar-refractivity contribution in [1.29, 1.82) is 0 Å². The van der Waals surface area contributed by atoms with E-state index >= 15 is 0 Å². The fourth-order valence-corrected chi connectivity index (χ4v) is 3.76. The highest BCUT2D eigenvalue weighted by Crippen LogP contribution is 2.32. The largest absolute Gasteiger partial charge is 0.384 e. The van der Waals surface area contributed by atoms with Crippen LogP contribution in [-0.2, 0) is 9.53 Å². The Kier molecular flexibility index (Phi) is 9.10. The second-order valence-electron chi connectivity index (χ2n) is 6.72. The van der Waals surface area contributed by atoms with E-state index in [1.165, 1.54) is 12.1 Å². The summed E-state index contributed by atoms with van der Waals surface area (Å²) < 4.78 is 18.4. The van der Waals surface area contributed by atoms with Gasteiger partial charge in [-0.3, -0.25) is 4.79 Å². The Hall–Kier alpha value is -1.08. The summed E-state index contributed by atoms with van der Waals surface area (Å²) in [7, 11) is 1.67. The lowest BCUT2D eigenvalue weighted by atomic mass is 9.78. The van der Waals surface area contributed by atoms with E-state index in [0.717, 1.165) is 44.7 Å². The van der Waals surface area contributed by atoms with E-state index in [9.17, 15) is 9.18 Å². The zero-order valence-electron chi connectivity index (χ0n) is 15.1. The van der Waals surface area contributed by atoms with Gasteiger partial charge in [-0.05, 0) is 50.2 Å². The van der Waals surface area contributed by atoms with Crippen LogP contribution in [-0.4, -0.2) is 63.8 Å². The zero-order valence-corrected chi connectivity index (χ0v) is 16.7. The van der Waals surface area contributed by atoms with Gasteiger partial charge in [-0.2, -0.15) is 0 Å². The Morgan fingerprint density at radius 2 is 1.69 bits per heavy atom. The number of nitrogens with zero attached hydrogens (tertiary/aromatic N) is 2. The molecule has 5 nitrogen and oxygen atoms in total. The number of hydrogen-bond acceptors (Lipinski definition) is 4. The van der Waals surface area contributed by atoms with Crippen molar-refractivity contribution in [1.82, 2.24) is 10.2 Å². The third-order valence-corrected chi connectivity index (χ3v) is 5.19. The van der Waals surface area contributed by atoms with Gasteiger partial charge >= 0.3 is 0 Å². The summed E-state index contributed by atoms with van der Waals surface area (Å²) in [6.45, 7) is 5.18. The molecule has 1 N–H and O–H groups in total. The molecule has 2 aliphatic rings. The Labute approximate surface area is 167 Å². The minimum Gasteiger partial charge on any atom is -0.384 e. The quantitative estimate of drug-likeness (QED) is 0.831. The van der Waals surface area contributed by atoms with Gasteiger partial charge in [0.25, 0.3) is 0 Å². The number of halogens is 3. The molecule has 1 aromatic carbocycles. The van der Waals surface area contributed by atoms with E-state index < -0.39 is 0 Å². The topological polar surface area (TPSA) is 44.8 Å². The van der Waals surface area contributed by atoms with Crippen molar-refractivity contribution in [3.63, 3.8) is 0 Å². The highest BCUT2D eigenvalue weighted by molar-refractivity contribution is 5.85. The standard InChI is InChI=1S/C18H26FN3O2.2ClH/c1-24-14-18(6-8-20-9-7-18)17(23)22-12-10-21(11-13-22)16-4-2-15(19)3-5-16;;/h2-5,20H,6-14H2,1H3;2*1H. The van der Waals surface area contributed by atoms with Crippen LogP contribution < -0.4 is 10.2 Å². The number of nitrogens with one attached hydrogen (secondary N) is 1. The van der Waals surface area contributed by atoms with E-state index in [2.05, 4.69) is 10.2 Å². The first kappa shape index (κ1) is 23.0. The van der Waals surface area contributed by atoms with Crippen molar-refractivity contribution in [2.75, 3.05) is 57.9 Å². The fourth-order valence-electron chi connectivity index (χ4n) is 3.76. The van der Waals surface area contributed by atoms with Crippen molar-refractivity contribution in [2.45, 2.75) is 12.8 Å². The maximum absolute atomic E-state index is 13.1. The molecule has 2 saturated heterocycles. The lowest BCUT2D eigenvalue weighted by Crippen LogP contribution is -2.56. The van der Waals surface area contributed by atoms with Gasteiger partial charge in [-0.15, -0.1) is 24.8 Å². The number of methoxy groups -OCH3 is 1. The van der Waals surface area contributed by atoms with Gasteiger partial charge in [0.1, 0.15) is 5.82 Å². The number of amides is 1. The molecule has 0 radical (unpaired) electrons. The second-order valence-corrected chi connectivity index (χ2v) is 6.72. The molecule has 2 fully saturated rings. The SMILES string of the molecule is COCC1(C(=O)N2CCN(c3ccc(F)cc3)CC2)CCNCC1.Cl.Cl. The lowest BCUT2D eigenvalue weighted by Gasteiger charge is -2.43. The predicted octanol–water partition coefficient (Wildman–Crippen LogP) is 2.33. The lowest BCUT2D eigenvalue weighted by molar-refractivity contribution is -0.147. The molecule has 1 aromatic rings. The predicted molar refractivity (Wildman–Crippen MR) is 106 cm³/mol. The van der Waals surface area contributed by atoms with E-state index in [0.29, 0.717) is 19.7 Å². The number of rotatable bonds is 4. The van der Waals surface area contributed by atoms with Crippen LogP contribution in [0.5, 0.6) is 0 Å². The number of carbonyl (C=O) groups excluding carboxylic acids is 1. The number of ether oxygens (including phenoxy) is 1. The van der Waals surface area contributed by atoms with E-state index in [1.54, 1.807) is 19.2 Å². The average molecular weight is 408 g/mol. The fraction of sp³-hybridized carbons (Fsp3) is 0.611. The normalized spacial score (nSPS) is 19.3. The zero-order chi connectivity index (χ0) is 17.0. The number of anilines is 1. The van der Waals surface area contributed by atoms with Crippen molar-refractivity contribution in [2.24, 2.45) is 5.41 Å². The van der Waals surface area contributed by atoms with Crippen molar-refractivity contribution in [3.05, 3.63) is 30.1 Å². The minimum absolute atomic E-state index is 0. The highest BCUT2D eigenvalue weighted by atomic mass is 35.5. The third kappa shape index (κ3) is 5.00. The van der Waals surface area contributed by atoms with Crippen LogP contribution in [0, 0.1) is 11.2 Å². The van der Waals surface area contributed by atoms with E-state index in [1.807, 2.05) is 4.90 Å². The van der Waals surface area contributed by atoms with Crippen molar-refractivity contribution < 1.29 is 13.9 Å². The first-order valence-electron chi connectivity index (χ1n) is 8.64. The van der Waals surface area contributed by atoms with Crippen LogP contribution in [0.1, 0.15) is 12.8 Å². The van der Waals surface area contributed by atoms with Gasteiger partial charge in [-0.25, -0.2) is 4.39 Å². The summed E-state index contributed by atoms with van der Waals surface area (Å²) in [4.78, 5) is 17.3. The molecular weight excluding hydrogens is 380 g/mol. The van der Waals surface area contributed by atoms with Gasteiger partial charge < -0.3 is 19.9 Å². The summed E-state index contributed by atoms with van der Waals surface area (Å²) >= 11 is 0. The highest BCUT2D eigenvalue weighted by Gasteiger charge is 2.42. The number of piperazine rings is 1. The molecule has 0 spiro atoms. The molecule has 0 bridgehead atoms.